The Morgan fingerprint density at radius 3 is 2.85 bits per heavy atom. The van der Waals surface area contributed by atoms with E-state index in [0.29, 0.717) is 11.8 Å². The summed E-state index contributed by atoms with van der Waals surface area (Å²) in [7, 11) is 1.56. The second-order valence-corrected chi connectivity index (χ2v) is 5.96. The fourth-order valence-electron chi connectivity index (χ4n) is 3.73. The predicted molar refractivity (Wildman–Crippen MR) is 77.0 cm³/mol. The number of nitrogens with zero attached hydrogens (tertiary/aromatic N) is 1. The molecule has 110 valence electrons. The Bertz CT molecular complexity index is 477. The van der Waals surface area contributed by atoms with E-state index in [1.165, 1.54) is 19.3 Å². The van der Waals surface area contributed by atoms with E-state index in [-0.39, 0.29) is 17.9 Å². The smallest absolute Gasteiger partial charge is 0.160 e. The Hall–Kier alpha value is -1.26. The number of piperidine rings is 2. The molecule has 1 aromatic carbocycles. The van der Waals surface area contributed by atoms with Gasteiger partial charge in [0.25, 0.3) is 0 Å². The van der Waals surface area contributed by atoms with Crippen molar-refractivity contribution in [2.24, 2.45) is 0 Å². The lowest BCUT2D eigenvalue weighted by Gasteiger charge is -2.47. The van der Waals surface area contributed by atoms with E-state index in [4.69, 9.17) is 4.74 Å². The second-order valence-electron chi connectivity index (χ2n) is 5.96. The number of fused-ring (bicyclic) bond motifs is 1. The van der Waals surface area contributed by atoms with Crippen LogP contribution in [0.25, 0.3) is 0 Å². The lowest BCUT2D eigenvalue weighted by atomic mass is 9.84. The quantitative estimate of drug-likeness (QED) is 0.872. The summed E-state index contributed by atoms with van der Waals surface area (Å²) < 4.78 is 5.10. The van der Waals surface area contributed by atoms with Gasteiger partial charge in [0.1, 0.15) is 0 Å². The molecule has 0 aromatic heterocycles. The number of hydrogen-bond donors (Lipinski definition) is 2. The van der Waals surface area contributed by atoms with Crippen LogP contribution in [0.4, 0.5) is 0 Å². The Morgan fingerprint density at radius 1 is 1.25 bits per heavy atom. The van der Waals surface area contributed by atoms with Gasteiger partial charge in [-0.1, -0.05) is 12.5 Å². The first-order valence-corrected chi connectivity index (χ1v) is 7.49. The van der Waals surface area contributed by atoms with Crippen molar-refractivity contribution in [3.8, 4) is 11.5 Å². The van der Waals surface area contributed by atoms with Crippen LogP contribution in [0.1, 0.15) is 43.7 Å². The number of hydrogen-bond acceptors (Lipinski definition) is 4. The van der Waals surface area contributed by atoms with Gasteiger partial charge in [0, 0.05) is 12.1 Å². The number of aliphatic hydroxyl groups excluding tert-OH is 1. The van der Waals surface area contributed by atoms with Crippen LogP contribution in [0.2, 0.25) is 0 Å². The molecular weight excluding hydrogens is 254 g/mol. The van der Waals surface area contributed by atoms with Gasteiger partial charge in [-0.25, -0.2) is 0 Å². The molecule has 3 unspecified atom stereocenters. The lowest BCUT2D eigenvalue weighted by molar-refractivity contribution is -0.0180. The fraction of sp³-hybridized carbons (Fsp3) is 0.625. The number of aliphatic hydroxyl groups is 1. The molecule has 3 atom stereocenters. The van der Waals surface area contributed by atoms with Crippen LogP contribution >= 0.6 is 0 Å². The average Bonchev–Trinajstić information content (AvgIpc) is 2.46. The molecule has 2 saturated heterocycles. The maximum atomic E-state index is 10.1. The van der Waals surface area contributed by atoms with E-state index >= 15 is 0 Å². The molecule has 0 amide bonds. The second kappa shape index (κ2) is 5.62. The summed E-state index contributed by atoms with van der Waals surface area (Å²) in [5, 5.41) is 20.1. The van der Waals surface area contributed by atoms with Crippen molar-refractivity contribution in [2.45, 2.75) is 50.3 Å². The van der Waals surface area contributed by atoms with Crippen molar-refractivity contribution >= 4 is 0 Å². The summed E-state index contributed by atoms with van der Waals surface area (Å²) in [6.45, 7) is 1.09. The Morgan fingerprint density at radius 2 is 2.10 bits per heavy atom. The zero-order valence-electron chi connectivity index (χ0n) is 12.0. The van der Waals surface area contributed by atoms with E-state index in [9.17, 15) is 10.2 Å². The van der Waals surface area contributed by atoms with Gasteiger partial charge < -0.3 is 14.9 Å². The van der Waals surface area contributed by atoms with Crippen LogP contribution in [0.5, 0.6) is 11.5 Å². The molecule has 0 radical (unpaired) electrons. The van der Waals surface area contributed by atoms with Gasteiger partial charge in [0.2, 0.25) is 0 Å². The minimum atomic E-state index is -0.233. The third-order valence-corrected chi connectivity index (χ3v) is 4.70. The minimum absolute atomic E-state index is 0.179. The third kappa shape index (κ3) is 2.50. The van der Waals surface area contributed by atoms with Gasteiger partial charge in [-0.3, -0.25) is 4.90 Å². The molecule has 4 heteroatoms. The number of benzene rings is 1. The molecule has 1 aromatic rings. The van der Waals surface area contributed by atoms with Crippen molar-refractivity contribution in [3.63, 3.8) is 0 Å². The van der Waals surface area contributed by atoms with Crippen LogP contribution in [0, 0.1) is 0 Å². The summed E-state index contributed by atoms with van der Waals surface area (Å²) in [5.41, 5.74) is 1.08. The minimum Gasteiger partial charge on any atom is -0.504 e. The maximum Gasteiger partial charge on any atom is 0.160 e. The number of phenolic OH excluding ortho intramolecular Hbond substituents is 1. The Labute approximate surface area is 120 Å². The molecule has 20 heavy (non-hydrogen) atoms. The van der Waals surface area contributed by atoms with Crippen molar-refractivity contribution in [2.75, 3.05) is 13.7 Å². The SMILES string of the molecule is COc1ccc(C2CC(O)CC3CCCCN32)cc1O. The number of phenols is 1. The molecule has 0 bridgehead atoms. The maximum absolute atomic E-state index is 10.1. The molecule has 0 aliphatic carbocycles. The first kappa shape index (κ1) is 13.7. The molecule has 0 saturated carbocycles. The summed E-state index contributed by atoms with van der Waals surface area (Å²) in [6, 6.07) is 6.30. The van der Waals surface area contributed by atoms with Gasteiger partial charge in [-0.05, 0) is 49.9 Å². The van der Waals surface area contributed by atoms with Gasteiger partial charge >= 0.3 is 0 Å². The van der Waals surface area contributed by atoms with E-state index in [1.54, 1.807) is 13.2 Å². The van der Waals surface area contributed by atoms with Gasteiger partial charge in [0.05, 0.1) is 13.2 Å². The largest absolute Gasteiger partial charge is 0.504 e. The molecule has 2 aliphatic rings. The Kier molecular flexibility index (Phi) is 3.85. The molecule has 0 spiro atoms. The van der Waals surface area contributed by atoms with Crippen LogP contribution in [-0.2, 0) is 0 Å². The number of rotatable bonds is 2. The molecule has 2 aliphatic heterocycles. The van der Waals surface area contributed by atoms with Crippen molar-refractivity contribution < 1.29 is 14.9 Å². The number of methoxy groups -OCH3 is 1. The lowest BCUT2D eigenvalue weighted by Crippen LogP contribution is -2.48. The predicted octanol–water partition coefficient (Wildman–Crippen LogP) is 2.45. The van der Waals surface area contributed by atoms with Gasteiger partial charge in [-0.15, -0.1) is 0 Å². The number of ether oxygens (including phenoxy) is 1. The normalized spacial score (nSPS) is 30.8. The van der Waals surface area contributed by atoms with Crippen LogP contribution in [0.15, 0.2) is 18.2 Å². The average molecular weight is 277 g/mol. The van der Waals surface area contributed by atoms with Gasteiger partial charge in [-0.2, -0.15) is 0 Å². The van der Waals surface area contributed by atoms with Crippen LogP contribution in [0.3, 0.4) is 0 Å². The van der Waals surface area contributed by atoms with E-state index in [0.717, 1.165) is 24.9 Å². The number of aromatic hydroxyl groups is 1. The summed E-state index contributed by atoms with van der Waals surface area (Å²) in [4.78, 5) is 2.51. The van der Waals surface area contributed by atoms with Crippen molar-refractivity contribution in [1.82, 2.24) is 4.90 Å². The van der Waals surface area contributed by atoms with Gasteiger partial charge in [0.15, 0.2) is 11.5 Å². The molecule has 2 heterocycles. The monoisotopic (exact) mass is 277 g/mol. The summed E-state index contributed by atoms with van der Waals surface area (Å²) in [6.07, 6.45) is 5.07. The highest BCUT2D eigenvalue weighted by atomic mass is 16.5. The van der Waals surface area contributed by atoms with E-state index in [1.807, 2.05) is 12.1 Å². The highest BCUT2D eigenvalue weighted by Gasteiger charge is 2.37. The van der Waals surface area contributed by atoms with E-state index < -0.39 is 0 Å². The highest BCUT2D eigenvalue weighted by Crippen LogP contribution is 2.40. The third-order valence-electron chi connectivity index (χ3n) is 4.70. The van der Waals surface area contributed by atoms with Crippen LogP contribution in [-0.4, -0.2) is 40.9 Å². The first-order valence-electron chi connectivity index (χ1n) is 7.49. The molecular formula is C16H23NO3. The molecule has 4 nitrogen and oxygen atoms in total. The zero-order chi connectivity index (χ0) is 14.1. The van der Waals surface area contributed by atoms with Crippen LogP contribution < -0.4 is 4.74 Å². The summed E-state index contributed by atoms with van der Waals surface area (Å²) >= 11 is 0. The standard InChI is InChI=1S/C16H23NO3/c1-20-16-6-5-11(8-15(16)19)14-10-13(18)9-12-4-2-3-7-17(12)14/h5-6,8,12-14,18-19H,2-4,7,9-10H2,1H3. The first-order chi connectivity index (χ1) is 9.69. The molecule has 2 N–H and O–H groups in total. The molecule has 2 fully saturated rings. The molecule has 3 rings (SSSR count). The zero-order valence-corrected chi connectivity index (χ0v) is 12.0. The fourth-order valence-corrected chi connectivity index (χ4v) is 3.73. The Balaban J connectivity index is 1.88. The van der Waals surface area contributed by atoms with Crippen molar-refractivity contribution in [1.29, 1.82) is 0 Å². The highest BCUT2D eigenvalue weighted by molar-refractivity contribution is 5.42. The topological polar surface area (TPSA) is 52.9 Å². The van der Waals surface area contributed by atoms with E-state index in [2.05, 4.69) is 4.90 Å². The summed E-state index contributed by atoms with van der Waals surface area (Å²) in [5.74, 6) is 0.680. The van der Waals surface area contributed by atoms with Crippen molar-refractivity contribution in [3.05, 3.63) is 23.8 Å².